The maximum absolute atomic E-state index is 13.6. The largest absolute Gasteiger partial charge is 0.300 e. The summed E-state index contributed by atoms with van der Waals surface area (Å²) in [6.07, 6.45) is 0. The smallest absolute Gasteiger partial charge is 0.262 e. The fourth-order valence-corrected chi connectivity index (χ4v) is 4.45. The zero-order chi connectivity index (χ0) is 21.9. The number of hydrogen-bond donors (Lipinski definition) is 0. The van der Waals surface area contributed by atoms with E-state index in [9.17, 15) is 18.8 Å². The summed E-state index contributed by atoms with van der Waals surface area (Å²) in [4.78, 5) is 42.0. The van der Waals surface area contributed by atoms with Gasteiger partial charge in [0.2, 0.25) is 0 Å². The van der Waals surface area contributed by atoms with Crippen LogP contribution in [-0.4, -0.2) is 28.7 Å². The van der Waals surface area contributed by atoms with Crippen LogP contribution in [0.25, 0.3) is 0 Å². The Bertz CT molecular complexity index is 1220. The Morgan fingerprint density at radius 3 is 2.03 bits per heavy atom. The van der Waals surface area contributed by atoms with E-state index in [1.54, 1.807) is 54.6 Å². The first-order chi connectivity index (χ1) is 14.9. The molecule has 0 unspecified atom stereocenters. The molecule has 5 nitrogen and oxygen atoms in total. The van der Waals surface area contributed by atoms with E-state index in [4.69, 9.17) is 11.6 Å². The molecule has 0 bridgehead atoms. The highest BCUT2D eigenvalue weighted by atomic mass is 35.5. The van der Waals surface area contributed by atoms with Gasteiger partial charge < -0.3 is 4.90 Å². The summed E-state index contributed by atoms with van der Waals surface area (Å²) in [7, 11) is 0. The van der Waals surface area contributed by atoms with Crippen LogP contribution in [0.1, 0.15) is 37.9 Å². The molecule has 3 aromatic carbocycles. The molecule has 2 aliphatic heterocycles. The summed E-state index contributed by atoms with van der Waals surface area (Å²) < 4.78 is 13.6. The second-order valence-electron chi connectivity index (χ2n) is 7.61. The van der Waals surface area contributed by atoms with Crippen molar-refractivity contribution in [3.05, 3.63) is 99.8 Å². The second-order valence-corrected chi connectivity index (χ2v) is 8.04. The van der Waals surface area contributed by atoms with Crippen molar-refractivity contribution in [2.45, 2.75) is 19.0 Å². The van der Waals surface area contributed by atoms with Gasteiger partial charge in [-0.25, -0.2) is 4.39 Å². The average Bonchev–Trinajstić information content (AvgIpc) is 3.01. The molecular weight excluding hydrogens is 419 g/mol. The Morgan fingerprint density at radius 1 is 0.806 bits per heavy atom. The third kappa shape index (κ3) is 2.86. The number of aryl methyl sites for hydroxylation is 1. The van der Waals surface area contributed by atoms with Crippen LogP contribution >= 0.6 is 11.6 Å². The SMILES string of the molecule is Cc1ccc(Cl)cc1N1C(=O)[C@@H](N2C(=O)c3ccccc3C2=O)[C@@H]1c1ccc(F)cc1. The van der Waals surface area contributed by atoms with Gasteiger partial charge in [-0.1, -0.05) is 41.9 Å². The highest BCUT2D eigenvalue weighted by molar-refractivity contribution is 6.31. The molecule has 5 rings (SSSR count). The topological polar surface area (TPSA) is 57.7 Å². The van der Waals surface area contributed by atoms with E-state index < -0.39 is 35.6 Å². The minimum absolute atomic E-state index is 0.274. The van der Waals surface area contributed by atoms with Crippen LogP contribution in [0.4, 0.5) is 10.1 Å². The lowest BCUT2D eigenvalue weighted by Gasteiger charge is -2.50. The second kappa shape index (κ2) is 7.03. The minimum atomic E-state index is -1.03. The summed E-state index contributed by atoms with van der Waals surface area (Å²) in [5.74, 6) is -1.83. The molecule has 7 heteroatoms. The normalized spacial score (nSPS) is 20.2. The number of benzene rings is 3. The van der Waals surface area contributed by atoms with Crippen molar-refractivity contribution in [1.29, 1.82) is 0 Å². The van der Waals surface area contributed by atoms with Gasteiger partial charge >= 0.3 is 0 Å². The number of hydrogen-bond acceptors (Lipinski definition) is 3. The van der Waals surface area contributed by atoms with Crippen molar-refractivity contribution >= 4 is 35.0 Å². The molecule has 0 saturated carbocycles. The molecule has 31 heavy (non-hydrogen) atoms. The third-order valence-electron chi connectivity index (χ3n) is 5.81. The lowest BCUT2D eigenvalue weighted by Crippen LogP contribution is -2.67. The minimum Gasteiger partial charge on any atom is -0.300 e. The van der Waals surface area contributed by atoms with Gasteiger partial charge in [0.1, 0.15) is 11.9 Å². The van der Waals surface area contributed by atoms with Crippen molar-refractivity contribution in [2.24, 2.45) is 0 Å². The molecule has 2 atom stereocenters. The van der Waals surface area contributed by atoms with Crippen molar-refractivity contribution in [1.82, 2.24) is 4.90 Å². The molecular formula is C24H16ClFN2O3. The zero-order valence-electron chi connectivity index (χ0n) is 16.4. The molecule has 3 aromatic rings. The molecule has 1 saturated heterocycles. The number of anilines is 1. The Kier molecular flexibility index (Phi) is 4.41. The fourth-order valence-electron chi connectivity index (χ4n) is 4.29. The highest BCUT2D eigenvalue weighted by Crippen LogP contribution is 2.45. The van der Waals surface area contributed by atoms with E-state index in [-0.39, 0.29) is 11.1 Å². The number of β-lactam (4-membered cyclic amide) rings is 1. The average molecular weight is 435 g/mol. The number of fused-ring (bicyclic) bond motifs is 1. The van der Waals surface area contributed by atoms with Crippen LogP contribution < -0.4 is 4.90 Å². The lowest BCUT2D eigenvalue weighted by molar-refractivity contribution is -0.130. The van der Waals surface area contributed by atoms with E-state index in [1.807, 2.05) is 6.92 Å². The number of carbonyl (C=O) groups is 3. The highest BCUT2D eigenvalue weighted by Gasteiger charge is 2.57. The van der Waals surface area contributed by atoms with Crippen LogP contribution in [0.5, 0.6) is 0 Å². The number of rotatable bonds is 3. The first-order valence-corrected chi connectivity index (χ1v) is 10.1. The molecule has 3 amide bonds. The van der Waals surface area contributed by atoms with Crippen LogP contribution in [0, 0.1) is 12.7 Å². The summed E-state index contributed by atoms with van der Waals surface area (Å²) in [5.41, 5.74) is 2.55. The fraction of sp³-hybridized carbons (Fsp3) is 0.125. The maximum Gasteiger partial charge on any atom is 0.262 e. The van der Waals surface area contributed by atoms with Crippen LogP contribution in [0.3, 0.4) is 0 Å². The van der Waals surface area contributed by atoms with Gasteiger partial charge in [0.05, 0.1) is 17.2 Å². The Hall–Kier alpha value is -3.51. The third-order valence-corrected chi connectivity index (χ3v) is 6.05. The molecule has 0 aliphatic carbocycles. The van der Waals surface area contributed by atoms with Crippen LogP contribution in [0.2, 0.25) is 5.02 Å². The van der Waals surface area contributed by atoms with Gasteiger partial charge in [-0.15, -0.1) is 0 Å². The summed E-state index contributed by atoms with van der Waals surface area (Å²) in [6.45, 7) is 1.84. The quantitative estimate of drug-likeness (QED) is 0.449. The molecule has 0 spiro atoms. The Balaban J connectivity index is 1.62. The van der Waals surface area contributed by atoms with E-state index >= 15 is 0 Å². The van der Waals surface area contributed by atoms with Crippen molar-refractivity contribution in [2.75, 3.05) is 4.90 Å². The molecule has 2 aliphatic rings. The van der Waals surface area contributed by atoms with Crippen LogP contribution in [-0.2, 0) is 4.79 Å². The van der Waals surface area contributed by atoms with Crippen molar-refractivity contribution in [3.8, 4) is 0 Å². The summed E-state index contributed by atoms with van der Waals surface area (Å²) in [6, 6.07) is 15.7. The molecule has 0 aromatic heterocycles. The van der Waals surface area contributed by atoms with Gasteiger partial charge in [0.15, 0.2) is 0 Å². The molecule has 1 fully saturated rings. The first-order valence-electron chi connectivity index (χ1n) is 9.70. The Labute approximate surface area is 182 Å². The molecule has 154 valence electrons. The standard InChI is InChI=1S/C24H16ClFN2O3/c1-13-6-9-15(25)12-19(13)27-20(14-7-10-16(26)11-8-14)21(24(27)31)28-22(29)17-4-2-3-5-18(17)23(28)30/h2-12,20-21H,1H3/t20-,21-/m0/s1. The zero-order valence-corrected chi connectivity index (χ0v) is 17.1. The monoisotopic (exact) mass is 434 g/mol. The van der Waals surface area contributed by atoms with Gasteiger partial charge in [-0.2, -0.15) is 0 Å². The molecule has 0 radical (unpaired) electrons. The number of imide groups is 1. The maximum atomic E-state index is 13.6. The Morgan fingerprint density at radius 2 is 1.42 bits per heavy atom. The van der Waals surface area contributed by atoms with Crippen molar-refractivity contribution in [3.63, 3.8) is 0 Å². The molecule has 2 heterocycles. The van der Waals surface area contributed by atoms with Gasteiger partial charge in [-0.05, 0) is 54.4 Å². The number of halogens is 2. The van der Waals surface area contributed by atoms with Gasteiger partial charge in [-0.3, -0.25) is 19.3 Å². The first kappa shape index (κ1) is 19.5. The van der Waals surface area contributed by atoms with E-state index in [0.29, 0.717) is 16.3 Å². The molecule has 0 N–H and O–H groups in total. The predicted molar refractivity (Wildman–Crippen MR) is 114 cm³/mol. The number of nitrogens with zero attached hydrogens (tertiary/aromatic N) is 2. The summed E-state index contributed by atoms with van der Waals surface area (Å²) in [5, 5.41) is 0.454. The predicted octanol–water partition coefficient (Wildman–Crippen LogP) is 4.54. The van der Waals surface area contributed by atoms with E-state index in [0.717, 1.165) is 10.5 Å². The van der Waals surface area contributed by atoms with Gasteiger partial charge in [0, 0.05) is 10.7 Å². The van der Waals surface area contributed by atoms with E-state index in [1.165, 1.54) is 17.0 Å². The van der Waals surface area contributed by atoms with Crippen molar-refractivity contribution < 1.29 is 18.8 Å². The van der Waals surface area contributed by atoms with Crippen LogP contribution in [0.15, 0.2) is 66.7 Å². The van der Waals surface area contributed by atoms with E-state index in [2.05, 4.69) is 0 Å². The number of carbonyl (C=O) groups excluding carboxylic acids is 3. The lowest BCUT2D eigenvalue weighted by atomic mass is 9.85. The summed E-state index contributed by atoms with van der Waals surface area (Å²) >= 11 is 6.17. The number of amides is 3. The van der Waals surface area contributed by atoms with Gasteiger partial charge in [0.25, 0.3) is 17.7 Å².